The number of amides is 3. The molecule has 0 spiro atoms. The van der Waals surface area contributed by atoms with Crippen LogP contribution in [0, 0.1) is 0 Å². The molecule has 0 saturated carbocycles. The first-order valence-electron chi connectivity index (χ1n) is 8.07. The van der Waals surface area contributed by atoms with Crippen molar-refractivity contribution < 1.29 is 9.59 Å². The Balaban J connectivity index is 1.71. The Labute approximate surface area is 140 Å². The van der Waals surface area contributed by atoms with Crippen molar-refractivity contribution in [3.8, 4) is 0 Å². The predicted octanol–water partition coefficient (Wildman–Crippen LogP) is 2.75. The maximum atomic E-state index is 12.1. The Kier molecular flexibility index (Phi) is 4.50. The molecule has 0 radical (unpaired) electrons. The molecule has 24 heavy (non-hydrogen) atoms. The summed E-state index contributed by atoms with van der Waals surface area (Å²) in [6, 6.07) is 7.03. The SMILES string of the molecule is CCCN1C(=O)CCc2cc(NC(=O)Nc3ccn(C)n3)ccc21. The maximum Gasteiger partial charge on any atom is 0.324 e. The van der Waals surface area contributed by atoms with E-state index in [0.717, 1.165) is 24.2 Å². The smallest absolute Gasteiger partial charge is 0.312 e. The van der Waals surface area contributed by atoms with Crippen LogP contribution in [0.25, 0.3) is 0 Å². The summed E-state index contributed by atoms with van der Waals surface area (Å²) >= 11 is 0. The lowest BCUT2D eigenvalue weighted by Crippen LogP contribution is -2.35. The topological polar surface area (TPSA) is 79.3 Å². The zero-order valence-electron chi connectivity index (χ0n) is 13.9. The molecule has 2 aromatic rings. The normalized spacial score (nSPS) is 13.6. The van der Waals surface area contributed by atoms with Crippen molar-refractivity contribution in [1.82, 2.24) is 9.78 Å². The van der Waals surface area contributed by atoms with E-state index in [2.05, 4.69) is 22.7 Å². The molecule has 2 N–H and O–H groups in total. The molecular weight excluding hydrogens is 306 g/mol. The molecule has 3 rings (SSSR count). The first-order chi connectivity index (χ1) is 11.6. The summed E-state index contributed by atoms with van der Waals surface area (Å²) < 4.78 is 1.62. The van der Waals surface area contributed by atoms with Gasteiger partial charge < -0.3 is 10.2 Å². The van der Waals surface area contributed by atoms with Crippen molar-refractivity contribution in [1.29, 1.82) is 0 Å². The van der Waals surface area contributed by atoms with Gasteiger partial charge in [0.05, 0.1) is 0 Å². The van der Waals surface area contributed by atoms with Gasteiger partial charge in [0.2, 0.25) is 5.91 Å². The number of anilines is 3. The zero-order valence-corrected chi connectivity index (χ0v) is 13.9. The molecule has 3 amide bonds. The van der Waals surface area contributed by atoms with Gasteiger partial charge in [0.1, 0.15) is 0 Å². The van der Waals surface area contributed by atoms with Crippen LogP contribution in [-0.4, -0.2) is 28.3 Å². The summed E-state index contributed by atoms with van der Waals surface area (Å²) in [6.45, 7) is 2.78. The van der Waals surface area contributed by atoms with Crippen LogP contribution < -0.4 is 15.5 Å². The number of aromatic nitrogens is 2. The van der Waals surface area contributed by atoms with Crippen molar-refractivity contribution in [3.63, 3.8) is 0 Å². The molecule has 2 heterocycles. The first-order valence-corrected chi connectivity index (χ1v) is 8.07. The van der Waals surface area contributed by atoms with E-state index in [1.807, 2.05) is 23.1 Å². The fourth-order valence-electron chi connectivity index (χ4n) is 2.87. The minimum Gasteiger partial charge on any atom is -0.312 e. The Morgan fingerprint density at radius 3 is 2.79 bits per heavy atom. The minimum atomic E-state index is -0.342. The van der Waals surface area contributed by atoms with Crippen LogP contribution in [-0.2, 0) is 18.3 Å². The van der Waals surface area contributed by atoms with Crippen LogP contribution in [0.5, 0.6) is 0 Å². The Hall–Kier alpha value is -2.83. The van der Waals surface area contributed by atoms with Crippen LogP contribution in [0.2, 0.25) is 0 Å². The number of nitrogens with zero attached hydrogens (tertiary/aromatic N) is 3. The van der Waals surface area contributed by atoms with Crippen LogP contribution in [0.1, 0.15) is 25.3 Å². The summed E-state index contributed by atoms with van der Waals surface area (Å²) in [5.41, 5.74) is 2.73. The maximum absolute atomic E-state index is 12.1. The first kappa shape index (κ1) is 16.0. The number of urea groups is 1. The van der Waals surface area contributed by atoms with Gasteiger partial charge in [-0.15, -0.1) is 0 Å². The number of nitrogens with one attached hydrogen (secondary N) is 2. The number of hydrogen-bond donors (Lipinski definition) is 2. The second-order valence-corrected chi connectivity index (χ2v) is 5.84. The lowest BCUT2D eigenvalue weighted by Gasteiger charge is -2.29. The van der Waals surface area contributed by atoms with E-state index in [1.165, 1.54) is 0 Å². The van der Waals surface area contributed by atoms with Crippen LogP contribution in [0.4, 0.5) is 22.0 Å². The predicted molar refractivity (Wildman–Crippen MR) is 93.3 cm³/mol. The van der Waals surface area contributed by atoms with Gasteiger partial charge >= 0.3 is 6.03 Å². The molecule has 0 saturated heterocycles. The van der Waals surface area contributed by atoms with E-state index in [9.17, 15) is 9.59 Å². The van der Waals surface area contributed by atoms with E-state index in [1.54, 1.807) is 24.0 Å². The standard InChI is InChI=1S/C17H21N5O2/c1-3-9-22-14-6-5-13(11-12(14)4-7-16(22)23)18-17(24)19-15-8-10-21(2)20-15/h5-6,8,10-11H,3-4,7,9H2,1-2H3,(H2,18,19,20,24). The lowest BCUT2D eigenvalue weighted by molar-refractivity contribution is -0.118. The zero-order chi connectivity index (χ0) is 17.1. The molecule has 0 unspecified atom stereocenters. The van der Waals surface area contributed by atoms with Crippen molar-refractivity contribution in [2.24, 2.45) is 7.05 Å². The average molecular weight is 327 g/mol. The summed E-state index contributed by atoms with van der Waals surface area (Å²) in [5.74, 6) is 0.658. The highest BCUT2D eigenvalue weighted by atomic mass is 16.2. The fourth-order valence-corrected chi connectivity index (χ4v) is 2.87. The van der Waals surface area contributed by atoms with Gasteiger partial charge in [-0.25, -0.2) is 4.79 Å². The highest BCUT2D eigenvalue weighted by Gasteiger charge is 2.23. The van der Waals surface area contributed by atoms with E-state index in [-0.39, 0.29) is 11.9 Å². The highest BCUT2D eigenvalue weighted by molar-refractivity contribution is 6.00. The van der Waals surface area contributed by atoms with Crippen molar-refractivity contribution >= 4 is 29.1 Å². The monoisotopic (exact) mass is 327 g/mol. The molecule has 0 atom stereocenters. The van der Waals surface area contributed by atoms with Gasteiger partial charge in [0.25, 0.3) is 0 Å². The quantitative estimate of drug-likeness (QED) is 0.906. The molecule has 1 aromatic carbocycles. The second-order valence-electron chi connectivity index (χ2n) is 5.84. The molecule has 126 valence electrons. The van der Waals surface area contributed by atoms with E-state index >= 15 is 0 Å². The minimum absolute atomic E-state index is 0.165. The third-order valence-electron chi connectivity index (χ3n) is 3.94. The lowest BCUT2D eigenvalue weighted by atomic mass is 10.00. The Bertz CT molecular complexity index is 768. The molecule has 1 aliphatic rings. The van der Waals surface area contributed by atoms with E-state index < -0.39 is 0 Å². The third-order valence-corrected chi connectivity index (χ3v) is 3.94. The molecule has 0 aliphatic carbocycles. The largest absolute Gasteiger partial charge is 0.324 e. The molecule has 7 nitrogen and oxygen atoms in total. The number of hydrogen-bond acceptors (Lipinski definition) is 3. The van der Waals surface area contributed by atoms with Gasteiger partial charge in [0.15, 0.2) is 5.82 Å². The molecule has 7 heteroatoms. The fraction of sp³-hybridized carbons (Fsp3) is 0.353. The number of benzene rings is 1. The molecule has 1 aliphatic heterocycles. The van der Waals surface area contributed by atoms with Crippen molar-refractivity contribution in [3.05, 3.63) is 36.0 Å². The van der Waals surface area contributed by atoms with E-state index in [0.29, 0.717) is 24.3 Å². The summed E-state index contributed by atoms with van der Waals surface area (Å²) in [4.78, 5) is 25.9. The number of rotatable bonds is 4. The van der Waals surface area contributed by atoms with Gasteiger partial charge in [-0.2, -0.15) is 5.10 Å². The van der Waals surface area contributed by atoms with Gasteiger partial charge in [-0.05, 0) is 36.6 Å². The number of aryl methyl sites for hydroxylation is 2. The van der Waals surface area contributed by atoms with Gasteiger partial charge in [-0.3, -0.25) is 14.8 Å². The van der Waals surface area contributed by atoms with E-state index in [4.69, 9.17) is 0 Å². The highest BCUT2D eigenvalue weighted by Crippen LogP contribution is 2.30. The van der Waals surface area contributed by atoms with Crippen molar-refractivity contribution in [2.75, 3.05) is 22.1 Å². The molecule has 0 bridgehead atoms. The summed E-state index contributed by atoms with van der Waals surface area (Å²) in [6.07, 6.45) is 3.88. The molecule has 0 fully saturated rings. The number of carbonyl (C=O) groups is 2. The Morgan fingerprint density at radius 2 is 2.08 bits per heavy atom. The van der Waals surface area contributed by atoms with Gasteiger partial charge in [-0.1, -0.05) is 6.92 Å². The second kappa shape index (κ2) is 6.74. The molecular formula is C17H21N5O2. The number of fused-ring (bicyclic) bond motifs is 1. The summed E-state index contributed by atoms with van der Waals surface area (Å²) in [7, 11) is 1.79. The van der Waals surface area contributed by atoms with Crippen LogP contribution in [0.3, 0.4) is 0 Å². The van der Waals surface area contributed by atoms with Crippen molar-refractivity contribution in [2.45, 2.75) is 26.2 Å². The van der Waals surface area contributed by atoms with Gasteiger partial charge in [0, 0.05) is 43.7 Å². The Morgan fingerprint density at radius 1 is 1.25 bits per heavy atom. The number of carbonyl (C=O) groups excluding carboxylic acids is 2. The van der Waals surface area contributed by atoms with Crippen LogP contribution in [0.15, 0.2) is 30.5 Å². The third kappa shape index (κ3) is 3.40. The average Bonchev–Trinajstić information content (AvgIpc) is 2.95. The summed E-state index contributed by atoms with van der Waals surface area (Å²) in [5, 5.41) is 9.59. The molecule has 1 aromatic heterocycles. The van der Waals surface area contributed by atoms with Crippen LogP contribution >= 0.6 is 0 Å².